The van der Waals surface area contributed by atoms with Crippen LogP contribution in [0.15, 0.2) is 0 Å². The highest BCUT2D eigenvalue weighted by molar-refractivity contribution is 5.95. The molecular weight excluding hydrogens is 610 g/mol. The number of guanidine groups is 3. The van der Waals surface area contributed by atoms with E-state index in [0.717, 1.165) is 0 Å². The van der Waals surface area contributed by atoms with Crippen LogP contribution in [-0.4, -0.2) is 116 Å². The van der Waals surface area contributed by atoms with Gasteiger partial charge in [0.15, 0.2) is 17.9 Å². The molecule has 260 valence electrons. The molecule has 0 saturated carbocycles. The molecule has 0 aliphatic heterocycles. The topological polar surface area (TPSA) is 395 Å². The summed E-state index contributed by atoms with van der Waals surface area (Å²) in [5, 5.41) is 50.2. The number of carboxylic acid groups (broad SMARTS) is 1. The van der Waals surface area contributed by atoms with Crippen molar-refractivity contribution in [3.8, 4) is 0 Å². The van der Waals surface area contributed by atoms with Crippen molar-refractivity contribution in [2.45, 2.75) is 56.7 Å². The Morgan fingerprint density at radius 2 is 0.935 bits per heavy atom. The molecule has 0 heterocycles. The van der Waals surface area contributed by atoms with Crippen molar-refractivity contribution in [1.29, 1.82) is 16.2 Å². The normalized spacial score (nSPS) is 12.2. The Balaban J connectivity index is 5.83. The lowest BCUT2D eigenvalue weighted by molar-refractivity contribution is -0.138. The minimum atomic E-state index is -1.29. The molecule has 5 amide bonds. The van der Waals surface area contributed by atoms with Crippen molar-refractivity contribution in [3.63, 3.8) is 0 Å². The maximum Gasteiger partial charge on any atom is 0.322 e. The zero-order chi connectivity index (χ0) is 35.1. The minimum absolute atomic E-state index is 0.0130. The molecule has 0 aromatic rings. The average Bonchev–Trinajstić information content (AvgIpc) is 2.98. The second-order valence-electron chi connectivity index (χ2n) is 9.78. The Morgan fingerprint density at radius 3 is 1.30 bits per heavy atom. The zero-order valence-electron chi connectivity index (χ0n) is 25.4. The molecule has 20 N–H and O–H groups in total. The van der Waals surface area contributed by atoms with E-state index < -0.39 is 73.3 Å². The van der Waals surface area contributed by atoms with Gasteiger partial charge in [-0.1, -0.05) is 0 Å². The molecule has 0 spiro atoms. The Bertz CT molecular complexity index is 1090. The van der Waals surface area contributed by atoms with Gasteiger partial charge in [0.25, 0.3) is 0 Å². The zero-order valence-corrected chi connectivity index (χ0v) is 25.4. The van der Waals surface area contributed by atoms with Crippen molar-refractivity contribution in [2.24, 2.45) is 22.9 Å². The number of carboxylic acids is 1. The first-order chi connectivity index (χ1) is 21.7. The molecule has 22 heteroatoms. The van der Waals surface area contributed by atoms with E-state index in [1.54, 1.807) is 0 Å². The molecule has 0 aromatic carbocycles. The van der Waals surface area contributed by atoms with Crippen molar-refractivity contribution in [3.05, 3.63) is 0 Å². The van der Waals surface area contributed by atoms with Gasteiger partial charge in [-0.05, 0) is 38.5 Å². The highest BCUT2D eigenvalue weighted by Crippen LogP contribution is 2.05. The summed E-state index contributed by atoms with van der Waals surface area (Å²) in [6, 6.07) is -3.58. The molecule has 0 unspecified atom stereocenters. The van der Waals surface area contributed by atoms with Gasteiger partial charge >= 0.3 is 5.97 Å². The van der Waals surface area contributed by atoms with E-state index in [1.165, 1.54) is 0 Å². The molecule has 0 aromatic heterocycles. The van der Waals surface area contributed by atoms with E-state index in [2.05, 4.69) is 42.5 Å². The summed E-state index contributed by atoms with van der Waals surface area (Å²) in [5.74, 6) is -5.89. The Kier molecular flexibility index (Phi) is 20.3. The summed E-state index contributed by atoms with van der Waals surface area (Å²) in [5.41, 5.74) is 21.2. The number of nitrogens with one attached hydrogen (secondary N) is 11. The standard InChI is InChI=1S/C24H47N15O7/c25-10-16(40)37-14(5-2-8-33-23(28)29)20(45)39-15(6-3-9-34-24(30)31)21(46)38-13(4-1-7-32-22(26)27)19(44)36-11-17(41)35-12-18(42)43/h13-15H,1-12,25H2,(H,35,41)(H,36,44)(H,37,40)(H,38,46)(H,39,45)(H,42,43)(H4,26,27,32)(H4,28,29,33)(H4,30,31,34)/t13-,14-,15-/m0/s1. The van der Waals surface area contributed by atoms with Crippen LogP contribution in [0.25, 0.3) is 0 Å². The lowest BCUT2D eigenvalue weighted by Crippen LogP contribution is -2.57. The second-order valence-corrected chi connectivity index (χ2v) is 9.78. The number of rotatable bonds is 23. The smallest absolute Gasteiger partial charge is 0.322 e. The molecule has 46 heavy (non-hydrogen) atoms. The first-order valence-electron chi connectivity index (χ1n) is 14.3. The van der Waals surface area contributed by atoms with E-state index >= 15 is 0 Å². The van der Waals surface area contributed by atoms with Gasteiger partial charge in [0, 0.05) is 19.6 Å². The van der Waals surface area contributed by atoms with Crippen LogP contribution in [0.5, 0.6) is 0 Å². The number of aliphatic carboxylic acids is 1. The van der Waals surface area contributed by atoms with Crippen LogP contribution >= 0.6 is 0 Å². The summed E-state index contributed by atoms with van der Waals surface area (Å²) in [6.45, 7) is -1.08. The molecule has 0 fully saturated rings. The predicted molar refractivity (Wildman–Crippen MR) is 166 cm³/mol. The van der Waals surface area contributed by atoms with Gasteiger partial charge in [0.05, 0.1) is 13.1 Å². The number of amides is 5. The van der Waals surface area contributed by atoms with Crippen LogP contribution in [0.4, 0.5) is 0 Å². The minimum Gasteiger partial charge on any atom is -0.480 e. The quantitative estimate of drug-likeness (QED) is 0.0276. The van der Waals surface area contributed by atoms with Crippen LogP contribution in [0, 0.1) is 16.2 Å². The number of hydrogen-bond acceptors (Lipinski definition) is 10. The maximum atomic E-state index is 13.5. The predicted octanol–water partition coefficient (Wildman–Crippen LogP) is -6.49. The van der Waals surface area contributed by atoms with E-state index in [0.29, 0.717) is 6.42 Å². The fraction of sp³-hybridized carbons (Fsp3) is 0.625. The third kappa shape index (κ3) is 20.5. The first kappa shape index (κ1) is 40.6. The molecule has 0 radical (unpaired) electrons. The van der Waals surface area contributed by atoms with Gasteiger partial charge in [-0.15, -0.1) is 0 Å². The molecule has 0 aliphatic rings. The molecule has 22 nitrogen and oxygen atoms in total. The fourth-order valence-corrected chi connectivity index (χ4v) is 3.72. The van der Waals surface area contributed by atoms with Crippen molar-refractivity contribution in [2.75, 3.05) is 39.3 Å². The summed E-state index contributed by atoms with van der Waals surface area (Å²) in [7, 11) is 0. The number of nitrogens with two attached hydrogens (primary N) is 4. The Hall–Kier alpha value is -5.41. The van der Waals surface area contributed by atoms with Crippen LogP contribution < -0.4 is 65.5 Å². The third-order valence-electron chi connectivity index (χ3n) is 5.92. The summed E-state index contributed by atoms with van der Waals surface area (Å²) < 4.78 is 0. The van der Waals surface area contributed by atoms with Gasteiger partial charge in [0.1, 0.15) is 24.7 Å². The second kappa shape index (κ2) is 23.0. The molecular formula is C24H47N15O7. The molecule has 0 aliphatic carbocycles. The Labute approximate surface area is 265 Å². The molecule has 3 atom stereocenters. The third-order valence-corrected chi connectivity index (χ3v) is 5.92. The van der Waals surface area contributed by atoms with E-state index in [4.69, 9.17) is 44.3 Å². The average molecular weight is 658 g/mol. The summed E-state index contributed by atoms with van der Waals surface area (Å²) in [6.07, 6.45) is 0.904. The van der Waals surface area contributed by atoms with Crippen molar-refractivity contribution < 1.29 is 33.9 Å². The monoisotopic (exact) mass is 657 g/mol. The highest BCUT2D eigenvalue weighted by Gasteiger charge is 2.29. The van der Waals surface area contributed by atoms with E-state index in [-0.39, 0.29) is 69.6 Å². The summed E-state index contributed by atoms with van der Waals surface area (Å²) >= 11 is 0. The number of carbonyl (C=O) groups excluding carboxylic acids is 5. The van der Waals surface area contributed by atoms with E-state index in [1.807, 2.05) is 0 Å². The largest absolute Gasteiger partial charge is 0.480 e. The highest BCUT2D eigenvalue weighted by atomic mass is 16.4. The fourth-order valence-electron chi connectivity index (χ4n) is 3.72. The lowest BCUT2D eigenvalue weighted by Gasteiger charge is -2.25. The summed E-state index contributed by atoms with van der Waals surface area (Å²) in [4.78, 5) is 74.2. The van der Waals surface area contributed by atoms with Crippen LogP contribution in [0.2, 0.25) is 0 Å². The van der Waals surface area contributed by atoms with Crippen LogP contribution in [0.3, 0.4) is 0 Å². The van der Waals surface area contributed by atoms with Gasteiger partial charge < -0.3 is 70.6 Å². The molecule has 0 saturated heterocycles. The molecule has 0 bridgehead atoms. The first-order valence-corrected chi connectivity index (χ1v) is 14.3. The van der Waals surface area contributed by atoms with Crippen molar-refractivity contribution >= 4 is 53.4 Å². The van der Waals surface area contributed by atoms with Crippen LogP contribution in [-0.2, 0) is 28.8 Å². The Morgan fingerprint density at radius 1 is 0.543 bits per heavy atom. The number of carbonyl (C=O) groups is 6. The van der Waals surface area contributed by atoms with Crippen LogP contribution in [0.1, 0.15) is 38.5 Å². The van der Waals surface area contributed by atoms with Gasteiger partial charge in [0.2, 0.25) is 29.5 Å². The van der Waals surface area contributed by atoms with Gasteiger partial charge in [-0.25, -0.2) is 0 Å². The SMILES string of the molecule is N=C(N)NCCC[C@H](NC(=O)CN)C(=O)N[C@@H](CCCNC(=N)N)C(=O)N[C@@H](CCCNC(=N)N)C(=O)NCC(=O)NCC(=O)O. The van der Waals surface area contributed by atoms with E-state index in [9.17, 15) is 28.8 Å². The van der Waals surface area contributed by atoms with Gasteiger partial charge in [-0.3, -0.25) is 45.0 Å². The molecule has 0 rings (SSSR count). The lowest BCUT2D eigenvalue weighted by atomic mass is 10.1. The maximum absolute atomic E-state index is 13.5. The number of hydrogen-bond donors (Lipinski definition) is 16. The van der Waals surface area contributed by atoms with Gasteiger partial charge in [-0.2, -0.15) is 0 Å². The van der Waals surface area contributed by atoms with Crippen molar-refractivity contribution in [1.82, 2.24) is 42.5 Å².